The maximum absolute atomic E-state index is 12.9. The van der Waals surface area contributed by atoms with E-state index in [1.54, 1.807) is 18.2 Å². The van der Waals surface area contributed by atoms with E-state index in [0.29, 0.717) is 16.0 Å². The summed E-state index contributed by atoms with van der Waals surface area (Å²) in [6.45, 7) is 0.436. The second-order valence-electron chi connectivity index (χ2n) is 2.43. The minimum absolute atomic E-state index is 0.366. The third-order valence-electron chi connectivity index (χ3n) is 1.47. The molecule has 1 nitrogen and oxygen atoms in total. The van der Waals surface area contributed by atoms with Crippen molar-refractivity contribution in [3.05, 3.63) is 39.1 Å². The summed E-state index contributed by atoms with van der Waals surface area (Å²) in [6.07, 6.45) is 3.51. The summed E-state index contributed by atoms with van der Waals surface area (Å²) in [4.78, 5) is 0. The Morgan fingerprint density at radius 2 is 2.23 bits per heavy atom. The molecule has 1 aromatic rings. The van der Waals surface area contributed by atoms with Crippen LogP contribution < -0.4 is 5.73 Å². The molecule has 0 aliphatic heterocycles. The lowest BCUT2D eigenvalue weighted by Crippen LogP contribution is -1.92. The van der Waals surface area contributed by atoms with Gasteiger partial charge in [0, 0.05) is 6.54 Å². The smallest absolute Gasteiger partial charge is 0.138 e. The Morgan fingerprint density at radius 3 is 2.85 bits per heavy atom. The molecule has 1 aromatic carbocycles. The molecule has 0 heterocycles. The average molecular weight is 265 g/mol. The number of hydrogen-bond donors (Lipinski definition) is 1. The van der Waals surface area contributed by atoms with Gasteiger partial charge in [-0.05, 0) is 33.6 Å². The summed E-state index contributed by atoms with van der Waals surface area (Å²) < 4.78 is 13.3. The Morgan fingerprint density at radius 1 is 1.54 bits per heavy atom. The Kier molecular flexibility index (Phi) is 3.90. The third kappa shape index (κ3) is 2.79. The highest BCUT2D eigenvalue weighted by molar-refractivity contribution is 9.10. The molecule has 2 N–H and O–H groups in total. The topological polar surface area (TPSA) is 26.0 Å². The van der Waals surface area contributed by atoms with Crippen LogP contribution in [-0.4, -0.2) is 6.54 Å². The lowest BCUT2D eigenvalue weighted by molar-refractivity contribution is 0.621. The van der Waals surface area contributed by atoms with Gasteiger partial charge in [-0.25, -0.2) is 4.39 Å². The van der Waals surface area contributed by atoms with Crippen molar-refractivity contribution in [2.45, 2.75) is 0 Å². The number of hydrogen-bond acceptors (Lipinski definition) is 1. The average Bonchev–Trinajstić information content (AvgIpc) is 2.09. The van der Waals surface area contributed by atoms with E-state index in [2.05, 4.69) is 15.9 Å². The van der Waals surface area contributed by atoms with E-state index in [-0.39, 0.29) is 5.82 Å². The van der Waals surface area contributed by atoms with Gasteiger partial charge in [-0.1, -0.05) is 23.8 Å². The van der Waals surface area contributed by atoms with E-state index in [1.807, 2.05) is 0 Å². The van der Waals surface area contributed by atoms with Gasteiger partial charge in [-0.3, -0.25) is 0 Å². The molecule has 1 rings (SSSR count). The SMILES string of the molecule is NC/C=C/c1cc(Br)c(F)cc1Cl. The van der Waals surface area contributed by atoms with Crippen molar-refractivity contribution in [1.29, 1.82) is 0 Å². The zero-order valence-electron chi connectivity index (χ0n) is 6.73. The van der Waals surface area contributed by atoms with Gasteiger partial charge in [0.15, 0.2) is 0 Å². The van der Waals surface area contributed by atoms with E-state index in [1.165, 1.54) is 6.07 Å². The maximum atomic E-state index is 12.9. The van der Waals surface area contributed by atoms with Crippen molar-refractivity contribution in [1.82, 2.24) is 0 Å². The van der Waals surface area contributed by atoms with Crippen LogP contribution in [0, 0.1) is 5.82 Å². The van der Waals surface area contributed by atoms with Gasteiger partial charge in [0.1, 0.15) is 5.82 Å². The molecule has 0 radical (unpaired) electrons. The number of benzene rings is 1. The van der Waals surface area contributed by atoms with E-state index in [4.69, 9.17) is 17.3 Å². The van der Waals surface area contributed by atoms with Crippen molar-refractivity contribution in [2.24, 2.45) is 5.73 Å². The van der Waals surface area contributed by atoms with Crippen molar-refractivity contribution >= 4 is 33.6 Å². The highest BCUT2D eigenvalue weighted by Crippen LogP contribution is 2.25. The zero-order chi connectivity index (χ0) is 9.84. The van der Waals surface area contributed by atoms with Gasteiger partial charge in [0.2, 0.25) is 0 Å². The van der Waals surface area contributed by atoms with Crippen LogP contribution in [0.3, 0.4) is 0 Å². The van der Waals surface area contributed by atoms with Crippen LogP contribution in [-0.2, 0) is 0 Å². The monoisotopic (exact) mass is 263 g/mol. The Hall–Kier alpha value is -0.380. The summed E-state index contributed by atoms with van der Waals surface area (Å²) in [6, 6.07) is 2.88. The second-order valence-corrected chi connectivity index (χ2v) is 3.69. The quantitative estimate of drug-likeness (QED) is 0.816. The third-order valence-corrected chi connectivity index (χ3v) is 2.41. The molecule has 0 saturated carbocycles. The number of halogens is 3. The normalized spacial score (nSPS) is 11.1. The van der Waals surface area contributed by atoms with Gasteiger partial charge in [-0.2, -0.15) is 0 Å². The molecule has 0 atom stereocenters. The van der Waals surface area contributed by atoms with E-state index >= 15 is 0 Å². The standard InChI is InChI=1S/C9H8BrClFN/c10-7-4-6(2-1-3-13)8(11)5-9(7)12/h1-2,4-5H,3,13H2/b2-1+. The summed E-state index contributed by atoms with van der Waals surface area (Å²) in [7, 11) is 0. The molecule has 0 saturated heterocycles. The Balaban J connectivity index is 3.08. The zero-order valence-corrected chi connectivity index (χ0v) is 9.07. The molecule has 0 fully saturated rings. The predicted octanol–water partition coefficient (Wildman–Crippen LogP) is 3.21. The van der Waals surface area contributed by atoms with Gasteiger partial charge in [-0.15, -0.1) is 0 Å². The lowest BCUT2D eigenvalue weighted by Gasteiger charge is -2.00. The lowest BCUT2D eigenvalue weighted by atomic mass is 10.2. The molecule has 13 heavy (non-hydrogen) atoms. The summed E-state index contributed by atoms with van der Waals surface area (Å²) in [5.41, 5.74) is 6.03. The first kappa shape index (κ1) is 10.7. The fourth-order valence-electron chi connectivity index (χ4n) is 0.861. The molecule has 0 aliphatic rings. The van der Waals surface area contributed by atoms with Crippen LogP contribution in [0.1, 0.15) is 5.56 Å². The molecular formula is C9H8BrClFN. The first-order chi connectivity index (χ1) is 6.15. The predicted molar refractivity (Wildman–Crippen MR) is 57.2 cm³/mol. The molecule has 0 aromatic heterocycles. The van der Waals surface area contributed by atoms with Gasteiger partial charge >= 0.3 is 0 Å². The molecular weight excluding hydrogens is 256 g/mol. The molecule has 4 heteroatoms. The summed E-state index contributed by atoms with van der Waals surface area (Å²) in [5.74, 6) is -0.366. The first-order valence-corrected chi connectivity index (χ1v) is 4.83. The van der Waals surface area contributed by atoms with Crippen molar-refractivity contribution in [3.8, 4) is 0 Å². The van der Waals surface area contributed by atoms with Crippen LogP contribution in [0.4, 0.5) is 4.39 Å². The molecule has 0 unspecified atom stereocenters. The molecule has 0 aliphatic carbocycles. The van der Waals surface area contributed by atoms with Crippen molar-refractivity contribution < 1.29 is 4.39 Å². The summed E-state index contributed by atoms with van der Waals surface area (Å²) >= 11 is 8.86. The maximum Gasteiger partial charge on any atom is 0.138 e. The number of rotatable bonds is 2. The highest BCUT2D eigenvalue weighted by atomic mass is 79.9. The fourth-order valence-corrected chi connectivity index (χ4v) is 1.44. The Labute approximate surface area is 89.5 Å². The summed E-state index contributed by atoms with van der Waals surface area (Å²) in [5, 5.41) is 0.380. The first-order valence-electron chi connectivity index (χ1n) is 3.66. The minimum atomic E-state index is -0.366. The molecule has 70 valence electrons. The van der Waals surface area contributed by atoms with Crippen LogP contribution in [0.15, 0.2) is 22.7 Å². The van der Waals surface area contributed by atoms with Gasteiger partial charge in [0.05, 0.1) is 9.50 Å². The van der Waals surface area contributed by atoms with Gasteiger partial charge in [0.25, 0.3) is 0 Å². The Bertz CT molecular complexity index is 339. The second kappa shape index (κ2) is 4.74. The van der Waals surface area contributed by atoms with Crippen LogP contribution in [0.25, 0.3) is 6.08 Å². The minimum Gasteiger partial charge on any atom is -0.327 e. The largest absolute Gasteiger partial charge is 0.327 e. The van der Waals surface area contributed by atoms with Crippen molar-refractivity contribution in [2.75, 3.05) is 6.54 Å². The van der Waals surface area contributed by atoms with Crippen LogP contribution in [0.2, 0.25) is 5.02 Å². The van der Waals surface area contributed by atoms with E-state index in [0.717, 1.165) is 5.56 Å². The fraction of sp³-hybridized carbons (Fsp3) is 0.111. The van der Waals surface area contributed by atoms with Crippen molar-refractivity contribution in [3.63, 3.8) is 0 Å². The van der Waals surface area contributed by atoms with E-state index < -0.39 is 0 Å². The number of nitrogens with two attached hydrogens (primary N) is 1. The van der Waals surface area contributed by atoms with Crippen LogP contribution in [0.5, 0.6) is 0 Å². The van der Waals surface area contributed by atoms with Crippen LogP contribution >= 0.6 is 27.5 Å². The van der Waals surface area contributed by atoms with E-state index in [9.17, 15) is 4.39 Å². The molecule has 0 spiro atoms. The molecule has 0 amide bonds. The molecule has 0 bridgehead atoms. The highest BCUT2D eigenvalue weighted by Gasteiger charge is 2.03. The van der Waals surface area contributed by atoms with Gasteiger partial charge < -0.3 is 5.73 Å².